The Labute approximate surface area is 126 Å². The molecule has 0 N–H and O–H groups in total. The van der Waals surface area contributed by atoms with E-state index in [9.17, 15) is 13.2 Å². The summed E-state index contributed by atoms with van der Waals surface area (Å²) in [5, 5.41) is -0.262. The van der Waals surface area contributed by atoms with Crippen molar-refractivity contribution >= 4 is 15.8 Å². The Morgan fingerprint density at radius 1 is 1.24 bits per heavy atom. The lowest BCUT2D eigenvalue weighted by Crippen LogP contribution is -2.29. The lowest BCUT2D eigenvalue weighted by Gasteiger charge is -2.15. The number of hydrogen-bond acceptors (Lipinski definition) is 4. The van der Waals surface area contributed by atoms with Gasteiger partial charge in [0, 0.05) is 0 Å². The first-order valence-electron chi connectivity index (χ1n) is 7.41. The van der Waals surface area contributed by atoms with E-state index in [1.807, 2.05) is 30.3 Å². The largest absolute Gasteiger partial charge is 0.461 e. The molecule has 4 nitrogen and oxygen atoms in total. The summed E-state index contributed by atoms with van der Waals surface area (Å²) in [5.41, 5.74) is 0.900. The second-order valence-electron chi connectivity index (χ2n) is 5.73. The van der Waals surface area contributed by atoms with Gasteiger partial charge in [-0.15, -0.1) is 0 Å². The van der Waals surface area contributed by atoms with E-state index in [0.29, 0.717) is 0 Å². The van der Waals surface area contributed by atoms with Crippen LogP contribution in [-0.4, -0.2) is 25.4 Å². The van der Waals surface area contributed by atoms with Crippen LogP contribution in [0.5, 0.6) is 0 Å². The predicted molar refractivity (Wildman–Crippen MR) is 81.4 cm³/mol. The second kappa shape index (κ2) is 7.07. The zero-order chi connectivity index (χ0) is 15.3. The maximum Gasteiger partial charge on any atom is 0.310 e. The third kappa shape index (κ3) is 4.56. The van der Waals surface area contributed by atoms with Gasteiger partial charge in [-0.25, -0.2) is 8.42 Å². The van der Waals surface area contributed by atoms with E-state index in [4.69, 9.17) is 4.74 Å². The third-order valence-electron chi connectivity index (χ3n) is 3.92. The summed E-state index contributed by atoms with van der Waals surface area (Å²) in [7, 11) is -3.19. The molecule has 0 heterocycles. The molecular formula is C16H22O4S. The number of rotatable bonds is 6. The summed E-state index contributed by atoms with van der Waals surface area (Å²) in [4.78, 5) is 11.9. The summed E-state index contributed by atoms with van der Waals surface area (Å²) >= 11 is 0. The Kier molecular flexibility index (Phi) is 5.39. The molecule has 0 radical (unpaired) electrons. The standard InChI is InChI=1S/C16H22O4S/c1-13(12-21(18,19)15-9-5-6-10-15)16(17)20-11-14-7-3-2-4-8-14/h2-4,7-8,13,15H,5-6,9-12H2,1H3. The van der Waals surface area contributed by atoms with Gasteiger partial charge < -0.3 is 4.74 Å². The number of hydrogen-bond donors (Lipinski definition) is 0. The monoisotopic (exact) mass is 310 g/mol. The first-order chi connectivity index (χ1) is 9.99. The molecule has 1 unspecified atom stereocenters. The maximum atomic E-state index is 12.2. The van der Waals surface area contributed by atoms with Crippen LogP contribution in [0, 0.1) is 5.92 Å². The zero-order valence-electron chi connectivity index (χ0n) is 12.3. The molecule has 1 atom stereocenters. The molecule has 1 saturated carbocycles. The Morgan fingerprint density at radius 2 is 1.86 bits per heavy atom. The van der Waals surface area contributed by atoms with Crippen molar-refractivity contribution in [2.24, 2.45) is 5.92 Å². The number of ether oxygens (including phenoxy) is 1. The predicted octanol–water partition coefficient (Wildman–Crippen LogP) is 2.72. The number of sulfone groups is 1. The smallest absolute Gasteiger partial charge is 0.310 e. The summed E-state index contributed by atoms with van der Waals surface area (Å²) in [6.45, 7) is 1.81. The first-order valence-corrected chi connectivity index (χ1v) is 9.13. The van der Waals surface area contributed by atoms with Crippen LogP contribution in [0.4, 0.5) is 0 Å². The van der Waals surface area contributed by atoms with E-state index >= 15 is 0 Å². The molecule has 2 rings (SSSR count). The minimum absolute atomic E-state index is 0.106. The van der Waals surface area contributed by atoms with Gasteiger partial charge in [-0.3, -0.25) is 4.79 Å². The number of benzene rings is 1. The Hall–Kier alpha value is -1.36. The van der Waals surface area contributed by atoms with Crippen LogP contribution in [0.3, 0.4) is 0 Å². The van der Waals surface area contributed by atoms with Crippen LogP contribution in [0.25, 0.3) is 0 Å². The van der Waals surface area contributed by atoms with E-state index in [1.165, 1.54) is 0 Å². The minimum Gasteiger partial charge on any atom is -0.461 e. The van der Waals surface area contributed by atoms with Crippen LogP contribution >= 0.6 is 0 Å². The summed E-state index contributed by atoms with van der Waals surface area (Å²) in [6.07, 6.45) is 3.40. The van der Waals surface area contributed by atoms with Crippen LogP contribution in [-0.2, 0) is 26.0 Å². The van der Waals surface area contributed by atoms with Crippen molar-refractivity contribution in [3.8, 4) is 0 Å². The van der Waals surface area contributed by atoms with Crippen LogP contribution in [0.15, 0.2) is 30.3 Å². The normalized spacial score (nSPS) is 17.6. The molecule has 0 aromatic heterocycles. The van der Waals surface area contributed by atoms with Crippen molar-refractivity contribution in [2.45, 2.75) is 44.5 Å². The van der Waals surface area contributed by atoms with Crippen molar-refractivity contribution < 1.29 is 17.9 Å². The van der Waals surface area contributed by atoms with Gasteiger partial charge in [0.05, 0.1) is 16.9 Å². The van der Waals surface area contributed by atoms with Gasteiger partial charge in [0.15, 0.2) is 9.84 Å². The van der Waals surface area contributed by atoms with E-state index in [0.717, 1.165) is 31.2 Å². The SMILES string of the molecule is CC(CS(=O)(=O)C1CCCC1)C(=O)OCc1ccccc1. The molecule has 0 amide bonds. The summed E-state index contributed by atoms with van der Waals surface area (Å²) in [5.74, 6) is -1.16. The van der Waals surface area contributed by atoms with Crippen molar-refractivity contribution in [2.75, 3.05) is 5.75 Å². The van der Waals surface area contributed by atoms with Gasteiger partial charge in [-0.1, -0.05) is 50.1 Å². The number of carbonyl (C=O) groups is 1. The molecule has 0 spiro atoms. The average Bonchev–Trinajstić information content (AvgIpc) is 3.00. The van der Waals surface area contributed by atoms with Gasteiger partial charge in [-0.2, -0.15) is 0 Å². The topological polar surface area (TPSA) is 60.4 Å². The van der Waals surface area contributed by atoms with Crippen molar-refractivity contribution in [3.63, 3.8) is 0 Å². The lowest BCUT2D eigenvalue weighted by molar-refractivity contribution is -0.148. The number of carbonyl (C=O) groups excluding carboxylic acids is 1. The molecule has 1 fully saturated rings. The van der Waals surface area contributed by atoms with E-state index < -0.39 is 21.7 Å². The Morgan fingerprint density at radius 3 is 2.48 bits per heavy atom. The van der Waals surface area contributed by atoms with Crippen molar-refractivity contribution in [1.82, 2.24) is 0 Å². The fourth-order valence-corrected chi connectivity index (χ4v) is 4.83. The Bertz CT molecular complexity index is 559. The van der Waals surface area contributed by atoms with Gasteiger partial charge in [0.25, 0.3) is 0 Å². The van der Waals surface area contributed by atoms with Gasteiger partial charge >= 0.3 is 5.97 Å². The highest BCUT2D eigenvalue weighted by Gasteiger charge is 2.32. The van der Waals surface area contributed by atoms with Gasteiger partial charge in [0.2, 0.25) is 0 Å². The highest BCUT2D eigenvalue weighted by molar-refractivity contribution is 7.92. The molecule has 21 heavy (non-hydrogen) atoms. The highest BCUT2D eigenvalue weighted by atomic mass is 32.2. The molecule has 116 valence electrons. The van der Waals surface area contributed by atoms with Crippen molar-refractivity contribution in [3.05, 3.63) is 35.9 Å². The molecule has 0 aliphatic heterocycles. The average molecular weight is 310 g/mol. The van der Waals surface area contributed by atoms with Crippen LogP contribution in [0.1, 0.15) is 38.2 Å². The fourth-order valence-electron chi connectivity index (χ4n) is 2.67. The molecule has 1 aromatic rings. The highest BCUT2D eigenvalue weighted by Crippen LogP contribution is 2.26. The van der Waals surface area contributed by atoms with Crippen LogP contribution < -0.4 is 0 Å². The van der Waals surface area contributed by atoms with Crippen LogP contribution in [0.2, 0.25) is 0 Å². The maximum absolute atomic E-state index is 12.2. The van der Waals surface area contributed by atoms with E-state index in [1.54, 1.807) is 6.92 Å². The molecule has 5 heteroatoms. The second-order valence-corrected chi connectivity index (χ2v) is 8.06. The molecule has 1 aromatic carbocycles. The van der Waals surface area contributed by atoms with Crippen molar-refractivity contribution in [1.29, 1.82) is 0 Å². The minimum atomic E-state index is -3.19. The first kappa shape index (κ1) is 16.0. The Balaban J connectivity index is 1.84. The number of esters is 1. The van der Waals surface area contributed by atoms with E-state index in [2.05, 4.69) is 0 Å². The molecule has 1 aliphatic carbocycles. The molecular weight excluding hydrogens is 288 g/mol. The molecule has 0 bridgehead atoms. The van der Waals surface area contributed by atoms with Gasteiger partial charge in [-0.05, 0) is 18.4 Å². The molecule has 0 saturated heterocycles. The zero-order valence-corrected chi connectivity index (χ0v) is 13.1. The quantitative estimate of drug-likeness (QED) is 0.758. The molecule has 1 aliphatic rings. The third-order valence-corrected chi connectivity index (χ3v) is 6.37. The van der Waals surface area contributed by atoms with Gasteiger partial charge in [0.1, 0.15) is 6.61 Å². The lowest BCUT2D eigenvalue weighted by atomic mass is 10.2. The van der Waals surface area contributed by atoms with E-state index in [-0.39, 0.29) is 17.6 Å². The fraction of sp³-hybridized carbons (Fsp3) is 0.562. The summed E-state index contributed by atoms with van der Waals surface area (Å²) in [6, 6.07) is 9.37. The summed E-state index contributed by atoms with van der Waals surface area (Å²) < 4.78 is 29.6.